The minimum atomic E-state index is -0.205. The van der Waals surface area contributed by atoms with Crippen LogP contribution in [0.15, 0.2) is 40.9 Å². The van der Waals surface area contributed by atoms with Gasteiger partial charge < -0.3 is 11.1 Å². The number of carbonyl (C=O) groups excluding carboxylic acids is 1. The number of aromatic nitrogens is 1. The minimum absolute atomic E-state index is 0.205. The Hall–Kier alpha value is -1.92. The van der Waals surface area contributed by atoms with Crippen LogP contribution in [0.1, 0.15) is 35.1 Å². The van der Waals surface area contributed by atoms with Crippen LogP contribution < -0.4 is 11.1 Å². The van der Waals surface area contributed by atoms with Gasteiger partial charge in [-0.05, 0) is 43.2 Å². The van der Waals surface area contributed by atoms with E-state index >= 15 is 0 Å². The molecule has 0 aliphatic heterocycles. The maximum atomic E-state index is 12.5. The SMILES string of the molecule is CCCCc1ccc2c(N)c(C(=O)Nc3cccc(Br)c3)sc2n1. The van der Waals surface area contributed by atoms with Gasteiger partial charge in [0.05, 0.1) is 5.69 Å². The molecule has 0 saturated carbocycles. The molecule has 0 bridgehead atoms. The summed E-state index contributed by atoms with van der Waals surface area (Å²) in [4.78, 5) is 18.5. The van der Waals surface area contributed by atoms with Crippen molar-refractivity contribution < 1.29 is 4.79 Å². The number of amides is 1. The topological polar surface area (TPSA) is 68.0 Å². The zero-order chi connectivity index (χ0) is 17.1. The number of pyridine rings is 1. The van der Waals surface area contributed by atoms with Crippen LogP contribution in [0, 0.1) is 0 Å². The number of nitrogen functional groups attached to an aromatic ring is 1. The molecule has 24 heavy (non-hydrogen) atoms. The Morgan fingerprint density at radius 2 is 2.17 bits per heavy atom. The third kappa shape index (κ3) is 3.60. The van der Waals surface area contributed by atoms with Gasteiger partial charge in [-0.1, -0.05) is 35.3 Å². The van der Waals surface area contributed by atoms with Gasteiger partial charge in [0, 0.05) is 21.2 Å². The predicted octanol–water partition coefficient (Wildman–Crippen LogP) is 5.24. The van der Waals surface area contributed by atoms with E-state index in [-0.39, 0.29) is 5.91 Å². The van der Waals surface area contributed by atoms with Gasteiger partial charge in [-0.15, -0.1) is 11.3 Å². The van der Waals surface area contributed by atoms with E-state index in [2.05, 4.69) is 33.2 Å². The van der Waals surface area contributed by atoms with Crippen LogP contribution in [0.2, 0.25) is 0 Å². The number of thiophene rings is 1. The largest absolute Gasteiger partial charge is 0.397 e. The standard InChI is InChI=1S/C18H18BrN3OS/c1-2-3-6-12-8-9-14-15(20)16(24-18(14)22-12)17(23)21-13-7-4-5-11(19)10-13/h4-5,7-10H,2-3,6,20H2,1H3,(H,21,23). The number of aryl methyl sites for hydroxylation is 1. The molecule has 0 saturated heterocycles. The van der Waals surface area contributed by atoms with Crippen molar-refractivity contribution in [1.82, 2.24) is 4.98 Å². The Kier molecular flexibility index (Phi) is 5.16. The molecule has 0 spiro atoms. The normalized spacial score (nSPS) is 10.9. The maximum Gasteiger partial charge on any atom is 0.267 e. The number of hydrogen-bond donors (Lipinski definition) is 2. The van der Waals surface area contributed by atoms with E-state index in [1.54, 1.807) is 0 Å². The molecular weight excluding hydrogens is 386 g/mol. The van der Waals surface area contributed by atoms with Crippen molar-refractivity contribution in [3.05, 3.63) is 51.4 Å². The lowest BCUT2D eigenvalue weighted by Crippen LogP contribution is -2.11. The fourth-order valence-electron chi connectivity index (χ4n) is 2.46. The molecule has 4 nitrogen and oxygen atoms in total. The molecule has 0 radical (unpaired) electrons. The summed E-state index contributed by atoms with van der Waals surface area (Å²) < 4.78 is 0.909. The summed E-state index contributed by atoms with van der Waals surface area (Å²) in [5.41, 5.74) is 8.44. The molecule has 0 aliphatic carbocycles. The van der Waals surface area contributed by atoms with Gasteiger partial charge in [0.25, 0.3) is 5.91 Å². The first-order valence-electron chi connectivity index (χ1n) is 7.83. The number of anilines is 2. The van der Waals surface area contributed by atoms with Crippen molar-refractivity contribution in [1.29, 1.82) is 0 Å². The Morgan fingerprint density at radius 1 is 1.33 bits per heavy atom. The molecule has 1 amide bonds. The van der Waals surface area contributed by atoms with E-state index < -0.39 is 0 Å². The number of hydrogen-bond acceptors (Lipinski definition) is 4. The van der Waals surface area contributed by atoms with Crippen LogP contribution in [0.25, 0.3) is 10.2 Å². The second kappa shape index (κ2) is 7.32. The molecule has 3 rings (SSSR count). The highest BCUT2D eigenvalue weighted by atomic mass is 79.9. The van der Waals surface area contributed by atoms with Crippen molar-refractivity contribution >= 4 is 54.8 Å². The molecule has 1 aromatic carbocycles. The van der Waals surface area contributed by atoms with Gasteiger partial charge in [-0.3, -0.25) is 4.79 Å². The van der Waals surface area contributed by atoms with Crippen LogP contribution in [-0.2, 0) is 6.42 Å². The first-order chi connectivity index (χ1) is 11.6. The monoisotopic (exact) mass is 403 g/mol. The van der Waals surface area contributed by atoms with E-state index in [1.807, 2.05) is 36.4 Å². The second-order valence-electron chi connectivity index (χ2n) is 5.57. The number of unbranched alkanes of at least 4 members (excludes halogenated alkanes) is 1. The summed E-state index contributed by atoms with van der Waals surface area (Å²) in [5.74, 6) is -0.205. The van der Waals surface area contributed by atoms with Gasteiger partial charge in [0.1, 0.15) is 9.71 Å². The summed E-state index contributed by atoms with van der Waals surface area (Å²) in [7, 11) is 0. The fraction of sp³-hybridized carbons (Fsp3) is 0.222. The summed E-state index contributed by atoms with van der Waals surface area (Å²) >= 11 is 4.74. The smallest absolute Gasteiger partial charge is 0.267 e. The number of halogens is 1. The van der Waals surface area contributed by atoms with Crippen molar-refractivity contribution in [2.24, 2.45) is 0 Å². The lowest BCUT2D eigenvalue weighted by Gasteiger charge is -2.04. The molecule has 3 N–H and O–H groups in total. The lowest BCUT2D eigenvalue weighted by molar-refractivity contribution is 0.103. The summed E-state index contributed by atoms with van der Waals surface area (Å²) in [6.45, 7) is 2.16. The average Bonchev–Trinajstić information content (AvgIpc) is 2.89. The Morgan fingerprint density at radius 3 is 2.92 bits per heavy atom. The van der Waals surface area contributed by atoms with Crippen molar-refractivity contribution in [2.45, 2.75) is 26.2 Å². The van der Waals surface area contributed by atoms with E-state index in [0.717, 1.165) is 45.3 Å². The second-order valence-corrected chi connectivity index (χ2v) is 7.48. The molecule has 0 unspecified atom stereocenters. The van der Waals surface area contributed by atoms with Crippen LogP contribution in [0.4, 0.5) is 11.4 Å². The number of fused-ring (bicyclic) bond motifs is 1. The van der Waals surface area contributed by atoms with Gasteiger partial charge in [0.2, 0.25) is 0 Å². The number of nitrogens with two attached hydrogens (primary N) is 1. The van der Waals surface area contributed by atoms with Crippen LogP contribution in [0.5, 0.6) is 0 Å². The highest BCUT2D eigenvalue weighted by molar-refractivity contribution is 9.10. The Balaban J connectivity index is 1.88. The molecule has 3 aromatic rings. The third-order valence-electron chi connectivity index (χ3n) is 3.73. The molecule has 124 valence electrons. The van der Waals surface area contributed by atoms with Gasteiger partial charge in [-0.2, -0.15) is 0 Å². The Labute approximate surface area is 153 Å². The Bertz CT molecular complexity index is 891. The quantitative estimate of drug-likeness (QED) is 0.612. The third-order valence-corrected chi connectivity index (χ3v) is 5.33. The number of benzene rings is 1. The van der Waals surface area contributed by atoms with Gasteiger partial charge >= 0.3 is 0 Å². The first-order valence-corrected chi connectivity index (χ1v) is 9.44. The molecule has 6 heteroatoms. The van der Waals surface area contributed by atoms with E-state index in [0.29, 0.717) is 10.6 Å². The number of rotatable bonds is 5. The number of carbonyl (C=O) groups is 1. The molecular formula is C18H18BrN3OS. The zero-order valence-electron chi connectivity index (χ0n) is 13.3. The van der Waals surface area contributed by atoms with E-state index in [4.69, 9.17) is 5.73 Å². The van der Waals surface area contributed by atoms with Crippen molar-refractivity contribution in [3.8, 4) is 0 Å². The summed E-state index contributed by atoms with van der Waals surface area (Å²) in [5, 5.41) is 3.73. The predicted molar refractivity (Wildman–Crippen MR) is 105 cm³/mol. The number of nitrogens with one attached hydrogen (secondary N) is 1. The highest BCUT2D eigenvalue weighted by Gasteiger charge is 2.17. The molecule has 2 heterocycles. The zero-order valence-corrected chi connectivity index (χ0v) is 15.7. The minimum Gasteiger partial charge on any atom is -0.397 e. The molecule has 2 aromatic heterocycles. The molecule has 0 atom stereocenters. The molecule has 0 aliphatic rings. The molecule has 0 fully saturated rings. The lowest BCUT2D eigenvalue weighted by atomic mass is 10.1. The van der Waals surface area contributed by atoms with Crippen LogP contribution in [-0.4, -0.2) is 10.9 Å². The van der Waals surface area contributed by atoms with Crippen LogP contribution >= 0.6 is 27.3 Å². The van der Waals surface area contributed by atoms with Crippen molar-refractivity contribution in [3.63, 3.8) is 0 Å². The van der Waals surface area contributed by atoms with Gasteiger partial charge in [0.15, 0.2) is 0 Å². The average molecular weight is 404 g/mol. The summed E-state index contributed by atoms with van der Waals surface area (Å²) in [6.07, 6.45) is 3.19. The number of nitrogens with zero attached hydrogens (tertiary/aromatic N) is 1. The fourth-order valence-corrected chi connectivity index (χ4v) is 3.86. The van der Waals surface area contributed by atoms with E-state index in [1.165, 1.54) is 11.3 Å². The van der Waals surface area contributed by atoms with E-state index in [9.17, 15) is 4.79 Å². The maximum absolute atomic E-state index is 12.5. The summed E-state index contributed by atoms with van der Waals surface area (Å²) in [6, 6.07) is 11.4. The van der Waals surface area contributed by atoms with Gasteiger partial charge in [-0.25, -0.2) is 4.98 Å². The van der Waals surface area contributed by atoms with Crippen LogP contribution in [0.3, 0.4) is 0 Å². The first kappa shape index (κ1) is 16.9. The highest BCUT2D eigenvalue weighted by Crippen LogP contribution is 2.33. The van der Waals surface area contributed by atoms with Crippen molar-refractivity contribution in [2.75, 3.05) is 11.1 Å².